The Balaban J connectivity index is 1.90. The fraction of sp³-hybridized carbons (Fsp3) is 0. The van der Waals surface area contributed by atoms with E-state index in [4.69, 9.17) is 27.6 Å². The van der Waals surface area contributed by atoms with Crippen LogP contribution in [0.15, 0.2) is 56.3 Å². The molecule has 1 aromatic heterocycles. The highest BCUT2D eigenvalue weighted by Crippen LogP contribution is 2.30. The van der Waals surface area contributed by atoms with Crippen LogP contribution in [0.5, 0.6) is 5.95 Å². The van der Waals surface area contributed by atoms with E-state index in [0.717, 1.165) is 10.0 Å². The smallest absolute Gasteiger partial charge is 0.312 e. The Morgan fingerprint density at radius 1 is 1.13 bits per heavy atom. The summed E-state index contributed by atoms with van der Waals surface area (Å²) in [5, 5.41) is 10.8. The van der Waals surface area contributed by atoms with Gasteiger partial charge in [0, 0.05) is 15.1 Å². The van der Waals surface area contributed by atoms with Crippen LogP contribution in [0.25, 0.3) is 11.5 Å². The van der Waals surface area contributed by atoms with Crippen molar-refractivity contribution in [2.75, 3.05) is 0 Å². The van der Waals surface area contributed by atoms with Crippen LogP contribution in [0.3, 0.4) is 0 Å². The zero-order valence-electron chi connectivity index (χ0n) is 11.5. The molecule has 0 saturated heterocycles. The molecule has 7 heteroatoms. The number of oxazole rings is 1. The van der Waals surface area contributed by atoms with E-state index in [-0.39, 0.29) is 11.6 Å². The van der Waals surface area contributed by atoms with Crippen molar-refractivity contribution >= 4 is 51.0 Å². The van der Waals surface area contributed by atoms with Gasteiger partial charge in [-0.2, -0.15) is 0 Å². The lowest BCUT2D eigenvalue weighted by Crippen LogP contribution is -1.83. The lowest BCUT2D eigenvalue weighted by atomic mass is 10.2. The molecule has 0 fully saturated rings. The van der Waals surface area contributed by atoms with E-state index in [1.807, 2.05) is 24.3 Å². The molecule has 0 spiro atoms. The summed E-state index contributed by atoms with van der Waals surface area (Å²) in [5.74, 6) is -0.0153. The minimum atomic E-state index is -0.315. The van der Waals surface area contributed by atoms with Crippen molar-refractivity contribution in [2.45, 2.75) is 0 Å². The Hall–Kier alpha value is -1.82. The van der Waals surface area contributed by atoms with Gasteiger partial charge in [-0.3, -0.25) is 4.99 Å². The van der Waals surface area contributed by atoms with E-state index >= 15 is 0 Å². The maximum atomic E-state index is 9.86. The van der Waals surface area contributed by atoms with Crippen LogP contribution in [0.1, 0.15) is 5.69 Å². The topological polar surface area (TPSA) is 58.6 Å². The van der Waals surface area contributed by atoms with Gasteiger partial charge in [0.05, 0.1) is 16.9 Å². The normalized spacial score (nSPS) is 11.3. The molecule has 0 atom stereocenters. The average molecular weight is 412 g/mol. The van der Waals surface area contributed by atoms with Crippen molar-refractivity contribution in [3.8, 4) is 17.4 Å². The number of benzene rings is 2. The standard InChI is InChI=1S/C16H9BrCl2N2O2/c17-10-3-1-9(2-4-10)15-21-14(16(22)23-15)8-20-13-7-11(18)5-6-12(13)19/h1-8,22H. The van der Waals surface area contributed by atoms with Gasteiger partial charge in [-0.05, 0) is 42.5 Å². The number of aliphatic imine (C=N–C) groups is 1. The molecular weight excluding hydrogens is 403 g/mol. The van der Waals surface area contributed by atoms with Gasteiger partial charge in [0.25, 0.3) is 0 Å². The van der Waals surface area contributed by atoms with Crippen molar-refractivity contribution in [2.24, 2.45) is 4.99 Å². The summed E-state index contributed by atoms with van der Waals surface area (Å²) in [6, 6.07) is 12.3. The van der Waals surface area contributed by atoms with E-state index in [1.165, 1.54) is 6.21 Å². The van der Waals surface area contributed by atoms with Crippen LogP contribution in [0, 0.1) is 0 Å². The number of halogens is 3. The third-order valence-electron chi connectivity index (χ3n) is 2.96. The van der Waals surface area contributed by atoms with Crippen molar-refractivity contribution in [1.29, 1.82) is 0 Å². The summed E-state index contributed by atoms with van der Waals surface area (Å²) >= 11 is 15.3. The monoisotopic (exact) mass is 410 g/mol. The quantitative estimate of drug-likeness (QED) is 0.548. The molecule has 0 aliphatic carbocycles. The molecule has 23 heavy (non-hydrogen) atoms. The number of rotatable bonds is 3. The molecular formula is C16H9BrCl2N2O2. The van der Waals surface area contributed by atoms with Gasteiger partial charge in [-0.1, -0.05) is 39.1 Å². The SMILES string of the molecule is Oc1oc(-c2ccc(Br)cc2)nc1C=Nc1cc(Cl)ccc1Cl. The first-order chi connectivity index (χ1) is 11.0. The van der Waals surface area contributed by atoms with Gasteiger partial charge >= 0.3 is 5.95 Å². The molecule has 3 aromatic rings. The van der Waals surface area contributed by atoms with Crippen LogP contribution in [-0.2, 0) is 0 Å². The summed E-state index contributed by atoms with van der Waals surface area (Å²) in [6.45, 7) is 0. The fourth-order valence-electron chi connectivity index (χ4n) is 1.84. The number of aromatic hydroxyl groups is 1. The molecule has 0 unspecified atom stereocenters. The zero-order valence-corrected chi connectivity index (χ0v) is 14.6. The largest absolute Gasteiger partial charge is 0.479 e. The van der Waals surface area contributed by atoms with Crippen molar-refractivity contribution < 1.29 is 9.52 Å². The summed E-state index contributed by atoms with van der Waals surface area (Å²) < 4.78 is 6.20. The summed E-state index contributed by atoms with van der Waals surface area (Å²) in [7, 11) is 0. The molecule has 4 nitrogen and oxygen atoms in total. The molecule has 3 rings (SSSR count). The van der Waals surface area contributed by atoms with Crippen LogP contribution < -0.4 is 0 Å². The minimum Gasteiger partial charge on any atom is -0.479 e. The van der Waals surface area contributed by atoms with Gasteiger partial charge in [0.15, 0.2) is 5.69 Å². The summed E-state index contributed by atoms with van der Waals surface area (Å²) in [6.07, 6.45) is 1.37. The van der Waals surface area contributed by atoms with E-state index in [9.17, 15) is 5.11 Å². The van der Waals surface area contributed by atoms with Crippen LogP contribution in [0.2, 0.25) is 10.0 Å². The Morgan fingerprint density at radius 2 is 1.87 bits per heavy atom. The lowest BCUT2D eigenvalue weighted by Gasteiger charge is -1.97. The molecule has 0 radical (unpaired) electrons. The molecule has 0 aliphatic heterocycles. The molecule has 0 amide bonds. The van der Waals surface area contributed by atoms with Crippen LogP contribution in [-0.4, -0.2) is 16.3 Å². The maximum Gasteiger partial charge on any atom is 0.312 e. The first kappa shape index (κ1) is 16.1. The second-order valence-corrected chi connectivity index (χ2v) is 6.33. The highest BCUT2D eigenvalue weighted by Gasteiger charge is 2.12. The second-order valence-electron chi connectivity index (χ2n) is 4.57. The van der Waals surface area contributed by atoms with Gasteiger partial charge in [-0.15, -0.1) is 0 Å². The van der Waals surface area contributed by atoms with Crippen molar-refractivity contribution in [3.05, 3.63) is 62.7 Å². The predicted octanol–water partition coefficient (Wildman–Crippen LogP) is 5.87. The highest BCUT2D eigenvalue weighted by atomic mass is 79.9. The van der Waals surface area contributed by atoms with Crippen LogP contribution in [0.4, 0.5) is 5.69 Å². The predicted molar refractivity (Wildman–Crippen MR) is 95.0 cm³/mol. The minimum absolute atomic E-state index is 0.207. The number of hydrogen-bond acceptors (Lipinski definition) is 4. The van der Waals surface area contributed by atoms with Crippen molar-refractivity contribution in [3.63, 3.8) is 0 Å². The van der Waals surface area contributed by atoms with Crippen molar-refractivity contribution in [1.82, 2.24) is 4.98 Å². The number of aromatic nitrogens is 1. The summed E-state index contributed by atoms with van der Waals surface area (Å²) in [5.41, 5.74) is 1.43. The van der Waals surface area contributed by atoms with E-state index in [1.54, 1.807) is 18.2 Å². The van der Waals surface area contributed by atoms with E-state index < -0.39 is 0 Å². The molecule has 116 valence electrons. The first-order valence-electron chi connectivity index (χ1n) is 6.48. The molecule has 0 bridgehead atoms. The van der Waals surface area contributed by atoms with E-state index in [2.05, 4.69) is 25.9 Å². The second kappa shape index (κ2) is 6.74. The Kier molecular flexibility index (Phi) is 4.71. The van der Waals surface area contributed by atoms with Gasteiger partial charge in [-0.25, -0.2) is 4.98 Å². The molecule has 0 saturated carbocycles. The number of nitrogens with zero attached hydrogens (tertiary/aromatic N) is 2. The van der Waals surface area contributed by atoms with Gasteiger partial charge in [0.2, 0.25) is 5.89 Å². The van der Waals surface area contributed by atoms with E-state index in [0.29, 0.717) is 21.6 Å². The third-order valence-corrected chi connectivity index (χ3v) is 4.04. The molecule has 1 N–H and O–H groups in total. The highest BCUT2D eigenvalue weighted by molar-refractivity contribution is 9.10. The first-order valence-corrected chi connectivity index (χ1v) is 8.02. The van der Waals surface area contributed by atoms with Gasteiger partial charge < -0.3 is 9.52 Å². The Labute approximate surface area is 150 Å². The average Bonchev–Trinajstić information content (AvgIpc) is 2.90. The maximum absolute atomic E-state index is 9.86. The Morgan fingerprint density at radius 3 is 2.61 bits per heavy atom. The number of hydrogen-bond donors (Lipinski definition) is 1. The van der Waals surface area contributed by atoms with Gasteiger partial charge in [0.1, 0.15) is 0 Å². The van der Waals surface area contributed by atoms with Crippen LogP contribution >= 0.6 is 39.1 Å². The fourth-order valence-corrected chi connectivity index (χ4v) is 2.44. The third kappa shape index (κ3) is 3.75. The lowest BCUT2D eigenvalue weighted by molar-refractivity contribution is 0.337. The zero-order chi connectivity index (χ0) is 16.4. The molecule has 0 aliphatic rings. The molecule has 2 aromatic carbocycles. The summed E-state index contributed by atoms with van der Waals surface area (Å²) in [4.78, 5) is 8.41. The molecule has 1 heterocycles. The Bertz CT molecular complexity index is 876.